The molecule has 0 atom stereocenters. The smallest absolute Gasteiger partial charge is 0.258 e. The molecule has 0 fully saturated rings. The van der Waals surface area contributed by atoms with Crippen LogP contribution in [0.5, 0.6) is 0 Å². The number of aromatic nitrogens is 2. The van der Waals surface area contributed by atoms with Crippen molar-refractivity contribution in [3.05, 3.63) is 39.4 Å². The van der Waals surface area contributed by atoms with Crippen molar-refractivity contribution in [2.75, 3.05) is 0 Å². The predicted octanol–water partition coefficient (Wildman–Crippen LogP) is 2.78. The maximum atomic E-state index is 11.8. The maximum Gasteiger partial charge on any atom is 0.258 e. The molecule has 0 aliphatic rings. The Balaban J connectivity index is 2.66. The molecule has 84 valence electrons. The molecule has 1 heterocycles. The standard InChI is InChI=1S/C12H13ClN2O/c1-7(2)6-10-14-11-8(12(16)15-10)4-3-5-9(11)13/h3-5,7H,6H2,1-2H3,(H,14,15,16). The third kappa shape index (κ3) is 2.09. The summed E-state index contributed by atoms with van der Waals surface area (Å²) in [6, 6.07) is 5.23. The summed E-state index contributed by atoms with van der Waals surface area (Å²) in [5.41, 5.74) is 0.465. The molecule has 0 amide bonds. The first-order chi connectivity index (χ1) is 7.58. The van der Waals surface area contributed by atoms with Crippen molar-refractivity contribution in [1.82, 2.24) is 9.97 Å². The number of halogens is 1. The molecule has 0 saturated carbocycles. The van der Waals surface area contributed by atoms with Gasteiger partial charge < -0.3 is 4.98 Å². The van der Waals surface area contributed by atoms with Crippen molar-refractivity contribution >= 4 is 22.5 Å². The Labute approximate surface area is 98.5 Å². The molecule has 0 unspecified atom stereocenters. The number of fused-ring (bicyclic) bond motifs is 1. The molecule has 16 heavy (non-hydrogen) atoms. The van der Waals surface area contributed by atoms with Crippen molar-refractivity contribution < 1.29 is 0 Å². The monoisotopic (exact) mass is 236 g/mol. The van der Waals surface area contributed by atoms with E-state index in [4.69, 9.17) is 11.6 Å². The Kier molecular flexibility index (Phi) is 2.97. The minimum absolute atomic E-state index is 0.122. The van der Waals surface area contributed by atoms with Gasteiger partial charge in [0.05, 0.1) is 15.9 Å². The number of benzene rings is 1. The first-order valence-corrected chi connectivity index (χ1v) is 5.63. The van der Waals surface area contributed by atoms with Gasteiger partial charge in [0.25, 0.3) is 5.56 Å². The van der Waals surface area contributed by atoms with Gasteiger partial charge in [0.2, 0.25) is 0 Å². The number of nitrogens with one attached hydrogen (secondary N) is 1. The summed E-state index contributed by atoms with van der Waals surface area (Å²) >= 11 is 6.02. The van der Waals surface area contributed by atoms with E-state index in [1.54, 1.807) is 18.2 Å². The summed E-state index contributed by atoms with van der Waals surface area (Å²) in [4.78, 5) is 19.0. The summed E-state index contributed by atoms with van der Waals surface area (Å²) in [7, 11) is 0. The molecular weight excluding hydrogens is 224 g/mol. The van der Waals surface area contributed by atoms with E-state index >= 15 is 0 Å². The molecule has 1 N–H and O–H groups in total. The fraction of sp³-hybridized carbons (Fsp3) is 0.333. The lowest BCUT2D eigenvalue weighted by molar-refractivity contribution is 0.621. The van der Waals surface area contributed by atoms with Gasteiger partial charge in [-0.2, -0.15) is 0 Å². The van der Waals surface area contributed by atoms with E-state index in [1.165, 1.54) is 0 Å². The topological polar surface area (TPSA) is 45.8 Å². The van der Waals surface area contributed by atoms with Crippen molar-refractivity contribution in [3.63, 3.8) is 0 Å². The molecule has 2 rings (SSSR count). The fourth-order valence-electron chi connectivity index (χ4n) is 1.66. The zero-order valence-corrected chi connectivity index (χ0v) is 10.0. The predicted molar refractivity (Wildman–Crippen MR) is 65.9 cm³/mol. The molecule has 2 aromatic rings. The van der Waals surface area contributed by atoms with E-state index in [0.717, 1.165) is 6.42 Å². The second kappa shape index (κ2) is 4.26. The molecule has 0 spiro atoms. The van der Waals surface area contributed by atoms with Crippen LogP contribution in [-0.4, -0.2) is 9.97 Å². The summed E-state index contributed by atoms with van der Waals surface area (Å²) in [6.45, 7) is 4.16. The lowest BCUT2D eigenvalue weighted by Gasteiger charge is -2.05. The van der Waals surface area contributed by atoms with Crippen LogP contribution in [0, 0.1) is 5.92 Å². The summed E-state index contributed by atoms with van der Waals surface area (Å²) < 4.78 is 0. The molecule has 1 aromatic heterocycles. The number of aromatic amines is 1. The Hall–Kier alpha value is -1.35. The molecule has 0 radical (unpaired) electrons. The normalized spacial score (nSPS) is 11.2. The highest BCUT2D eigenvalue weighted by molar-refractivity contribution is 6.34. The number of H-pyrrole nitrogens is 1. The number of hydrogen-bond donors (Lipinski definition) is 1. The van der Waals surface area contributed by atoms with Crippen molar-refractivity contribution in [3.8, 4) is 0 Å². The molecule has 3 nitrogen and oxygen atoms in total. The molecular formula is C12H13ClN2O. The third-order valence-corrected chi connectivity index (χ3v) is 2.64. The SMILES string of the molecule is CC(C)Cc1nc2c(Cl)cccc2c(=O)[nH]1. The molecule has 0 bridgehead atoms. The number of hydrogen-bond acceptors (Lipinski definition) is 2. The van der Waals surface area contributed by atoms with E-state index in [-0.39, 0.29) is 5.56 Å². The highest BCUT2D eigenvalue weighted by Crippen LogP contribution is 2.18. The Bertz CT molecular complexity index is 575. The first kappa shape index (κ1) is 11.1. The minimum atomic E-state index is -0.122. The second-order valence-corrected chi connectivity index (χ2v) is 4.65. The molecule has 4 heteroatoms. The number of nitrogens with zero attached hydrogens (tertiary/aromatic N) is 1. The van der Waals surface area contributed by atoms with E-state index in [1.807, 2.05) is 0 Å². The summed E-state index contributed by atoms with van der Waals surface area (Å²) in [5, 5.41) is 1.06. The van der Waals surface area contributed by atoms with Gasteiger partial charge in [0.1, 0.15) is 5.82 Å². The Morgan fingerprint density at radius 2 is 2.19 bits per heavy atom. The zero-order valence-electron chi connectivity index (χ0n) is 9.25. The van der Waals surface area contributed by atoms with Crippen LogP contribution in [0.2, 0.25) is 5.02 Å². The molecule has 1 aromatic carbocycles. The lowest BCUT2D eigenvalue weighted by atomic mass is 10.1. The van der Waals surface area contributed by atoms with Gasteiger partial charge in [-0.25, -0.2) is 4.98 Å². The van der Waals surface area contributed by atoms with Crippen LogP contribution in [0.3, 0.4) is 0 Å². The van der Waals surface area contributed by atoms with Crippen molar-refractivity contribution in [2.45, 2.75) is 20.3 Å². The van der Waals surface area contributed by atoms with Gasteiger partial charge >= 0.3 is 0 Å². The highest BCUT2D eigenvalue weighted by Gasteiger charge is 2.07. The van der Waals surface area contributed by atoms with E-state index in [9.17, 15) is 4.79 Å². The second-order valence-electron chi connectivity index (χ2n) is 4.25. The fourth-order valence-corrected chi connectivity index (χ4v) is 1.87. The van der Waals surface area contributed by atoms with E-state index in [2.05, 4.69) is 23.8 Å². The van der Waals surface area contributed by atoms with Gasteiger partial charge in [-0.3, -0.25) is 4.79 Å². The first-order valence-electron chi connectivity index (χ1n) is 5.25. The van der Waals surface area contributed by atoms with Crippen molar-refractivity contribution in [2.24, 2.45) is 5.92 Å². The quantitative estimate of drug-likeness (QED) is 0.872. The molecule has 0 aliphatic heterocycles. The minimum Gasteiger partial charge on any atom is -0.310 e. The van der Waals surface area contributed by atoms with Crippen LogP contribution in [0.1, 0.15) is 19.7 Å². The average Bonchev–Trinajstić information content (AvgIpc) is 2.19. The summed E-state index contributed by atoms with van der Waals surface area (Å²) in [6.07, 6.45) is 0.746. The van der Waals surface area contributed by atoms with Crippen LogP contribution in [0.4, 0.5) is 0 Å². The van der Waals surface area contributed by atoms with E-state index < -0.39 is 0 Å². The van der Waals surface area contributed by atoms with Gasteiger partial charge in [-0.1, -0.05) is 31.5 Å². The van der Waals surface area contributed by atoms with Crippen molar-refractivity contribution in [1.29, 1.82) is 0 Å². The van der Waals surface area contributed by atoms with Crippen LogP contribution in [0.15, 0.2) is 23.0 Å². The average molecular weight is 237 g/mol. The van der Waals surface area contributed by atoms with Crippen LogP contribution >= 0.6 is 11.6 Å². The van der Waals surface area contributed by atoms with Gasteiger partial charge in [-0.15, -0.1) is 0 Å². The Morgan fingerprint density at radius 1 is 1.44 bits per heavy atom. The largest absolute Gasteiger partial charge is 0.310 e. The lowest BCUT2D eigenvalue weighted by Crippen LogP contribution is -2.13. The molecule has 0 aliphatic carbocycles. The number of para-hydroxylation sites is 1. The zero-order chi connectivity index (χ0) is 11.7. The highest BCUT2D eigenvalue weighted by atomic mass is 35.5. The Morgan fingerprint density at radius 3 is 2.88 bits per heavy atom. The maximum absolute atomic E-state index is 11.8. The van der Waals surface area contributed by atoms with Gasteiger partial charge in [0.15, 0.2) is 0 Å². The summed E-state index contributed by atoms with van der Waals surface area (Å²) in [5.74, 6) is 1.14. The molecule has 0 saturated heterocycles. The van der Waals surface area contributed by atoms with Crippen LogP contribution in [0.25, 0.3) is 10.9 Å². The van der Waals surface area contributed by atoms with E-state index in [0.29, 0.717) is 27.7 Å². The van der Waals surface area contributed by atoms with Crippen LogP contribution < -0.4 is 5.56 Å². The number of rotatable bonds is 2. The van der Waals surface area contributed by atoms with Gasteiger partial charge in [0, 0.05) is 6.42 Å². The third-order valence-electron chi connectivity index (χ3n) is 2.34. The van der Waals surface area contributed by atoms with Crippen LogP contribution in [-0.2, 0) is 6.42 Å². The van der Waals surface area contributed by atoms with Gasteiger partial charge in [-0.05, 0) is 18.1 Å².